The molecule has 0 radical (unpaired) electrons. The summed E-state index contributed by atoms with van der Waals surface area (Å²) >= 11 is 0. The second-order valence-electron chi connectivity index (χ2n) is 6.15. The van der Waals surface area contributed by atoms with Crippen LogP contribution in [0.3, 0.4) is 0 Å². The van der Waals surface area contributed by atoms with Crippen molar-refractivity contribution in [3.8, 4) is 5.75 Å². The number of carbonyl (C=O) groups excluding carboxylic acids is 2. The van der Waals surface area contributed by atoms with Crippen molar-refractivity contribution in [2.45, 2.75) is 20.0 Å². The van der Waals surface area contributed by atoms with Gasteiger partial charge in [0.2, 0.25) is 5.95 Å². The molecule has 3 rings (SSSR count). The molecule has 28 heavy (non-hydrogen) atoms. The van der Waals surface area contributed by atoms with E-state index in [0.29, 0.717) is 5.56 Å². The number of H-pyrrole nitrogens is 2. The molecule has 4 N–H and O–H groups in total. The molecule has 3 aromatic rings. The standard InChI is InChI=1S/C19H20FN5O3/c1-10-9-22-19(23-10)25-17(26)14-8-15(16(24-14)18(27)21-3)28-11(2)12-6-4-5-7-13(12)20/h4-9,11,24H,1-3H3,(H,21,27)(H2,22,23,25,26). The number of hydrogen-bond acceptors (Lipinski definition) is 4. The van der Waals surface area contributed by atoms with Gasteiger partial charge in [0.05, 0.1) is 0 Å². The number of aryl methyl sites for hydroxylation is 1. The molecule has 0 aliphatic rings. The van der Waals surface area contributed by atoms with E-state index in [1.54, 1.807) is 38.2 Å². The average molecular weight is 385 g/mol. The van der Waals surface area contributed by atoms with Gasteiger partial charge in [0.25, 0.3) is 11.8 Å². The number of amides is 2. The van der Waals surface area contributed by atoms with Crippen LogP contribution < -0.4 is 15.4 Å². The number of imidazole rings is 1. The third-order valence-electron chi connectivity index (χ3n) is 4.06. The van der Waals surface area contributed by atoms with Gasteiger partial charge in [-0.3, -0.25) is 14.9 Å². The Hall–Kier alpha value is -3.62. The second kappa shape index (κ2) is 7.95. The first-order valence-electron chi connectivity index (χ1n) is 8.58. The lowest BCUT2D eigenvalue weighted by atomic mass is 10.1. The number of anilines is 1. The first-order chi connectivity index (χ1) is 13.4. The lowest BCUT2D eigenvalue weighted by Gasteiger charge is -2.15. The summed E-state index contributed by atoms with van der Waals surface area (Å²) in [5.41, 5.74) is 1.29. The van der Waals surface area contributed by atoms with Crippen molar-refractivity contribution in [3.63, 3.8) is 0 Å². The van der Waals surface area contributed by atoms with Gasteiger partial charge in [-0.15, -0.1) is 0 Å². The molecule has 1 atom stereocenters. The Balaban J connectivity index is 1.86. The van der Waals surface area contributed by atoms with E-state index in [9.17, 15) is 14.0 Å². The van der Waals surface area contributed by atoms with Crippen molar-refractivity contribution in [1.82, 2.24) is 20.3 Å². The third-order valence-corrected chi connectivity index (χ3v) is 4.06. The molecule has 2 amide bonds. The zero-order valence-electron chi connectivity index (χ0n) is 15.6. The van der Waals surface area contributed by atoms with E-state index >= 15 is 0 Å². The SMILES string of the molecule is CNC(=O)c1[nH]c(C(=O)Nc2ncc(C)[nH]2)cc1OC(C)c1ccccc1F. The lowest BCUT2D eigenvalue weighted by Crippen LogP contribution is -2.20. The monoisotopic (exact) mass is 385 g/mol. The predicted octanol–water partition coefficient (Wildman–Crippen LogP) is 2.94. The molecule has 1 aromatic carbocycles. The highest BCUT2D eigenvalue weighted by Gasteiger charge is 2.22. The minimum Gasteiger partial charge on any atom is -0.483 e. The fraction of sp³-hybridized carbons (Fsp3) is 0.211. The van der Waals surface area contributed by atoms with Crippen LogP contribution in [0.2, 0.25) is 0 Å². The van der Waals surface area contributed by atoms with Crippen LogP contribution in [0.15, 0.2) is 36.5 Å². The van der Waals surface area contributed by atoms with Gasteiger partial charge < -0.3 is 20.0 Å². The Kier molecular flexibility index (Phi) is 5.44. The lowest BCUT2D eigenvalue weighted by molar-refractivity contribution is 0.0952. The molecule has 0 aliphatic carbocycles. The molecule has 2 aromatic heterocycles. The van der Waals surface area contributed by atoms with Crippen molar-refractivity contribution in [3.05, 3.63) is 65.0 Å². The number of benzene rings is 1. The van der Waals surface area contributed by atoms with Crippen molar-refractivity contribution >= 4 is 17.8 Å². The van der Waals surface area contributed by atoms with Crippen molar-refractivity contribution in [2.75, 3.05) is 12.4 Å². The Morgan fingerprint density at radius 1 is 1.21 bits per heavy atom. The molecule has 0 aliphatic heterocycles. The Labute approximate surface area is 160 Å². The molecule has 0 fully saturated rings. The maximum atomic E-state index is 14.0. The number of ether oxygens (including phenoxy) is 1. The Morgan fingerprint density at radius 2 is 1.96 bits per heavy atom. The number of aromatic nitrogens is 3. The van der Waals surface area contributed by atoms with Crippen LogP contribution in [0.4, 0.5) is 10.3 Å². The van der Waals surface area contributed by atoms with Gasteiger partial charge in [0, 0.05) is 30.6 Å². The van der Waals surface area contributed by atoms with Crippen LogP contribution >= 0.6 is 0 Å². The minimum atomic E-state index is -0.677. The van der Waals surface area contributed by atoms with E-state index in [-0.39, 0.29) is 23.1 Å². The van der Waals surface area contributed by atoms with Crippen LogP contribution in [0.1, 0.15) is 45.3 Å². The number of hydrogen-bond donors (Lipinski definition) is 4. The topological polar surface area (TPSA) is 112 Å². The number of carbonyl (C=O) groups is 2. The van der Waals surface area contributed by atoms with Gasteiger partial charge in [0.15, 0.2) is 5.75 Å². The van der Waals surface area contributed by atoms with E-state index in [0.717, 1.165) is 5.69 Å². The zero-order valence-corrected chi connectivity index (χ0v) is 15.6. The van der Waals surface area contributed by atoms with E-state index in [1.807, 2.05) is 0 Å². The second-order valence-corrected chi connectivity index (χ2v) is 6.15. The number of aromatic amines is 2. The summed E-state index contributed by atoms with van der Waals surface area (Å²) in [5.74, 6) is -0.980. The minimum absolute atomic E-state index is 0.0615. The fourth-order valence-electron chi connectivity index (χ4n) is 2.65. The highest BCUT2D eigenvalue weighted by Crippen LogP contribution is 2.28. The van der Waals surface area contributed by atoms with Gasteiger partial charge in [-0.05, 0) is 19.9 Å². The summed E-state index contributed by atoms with van der Waals surface area (Å²) in [6.45, 7) is 3.46. The fourth-order valence-corrected chi connectivity index (χ4v) is 2.65. The highest BCUT2D eigenvalue weighted by atomic mass is 19.1. The molecular formula is C19H20FN5O3. The molecular weight excluding hydrogens is 365 g/mol. The number of halogens is 1. The Morgan fingerprint density at radius 3 is 2.61 bits per heavy atom. The number of nitrogens with one attached hydrogen (secondary N) is 4. The Bertz CT molecular complexity index is 1010. The van der Waals surface area contributed by atoms with Crippen molar-refractivity contribution in [2.24, 2.45) is 0 Å². The quantitative estimate of drug-likeness (QED) is 0.523. The number of rotatable bonds is 6. The number of nitrogens with zero attached hydrogens (tertiary/aromatic N) is 1. The van der Waals surface area contributed by atoms with Gasteiger partial charge in [-0.2, -0.15) is 0 Å². The van der Waals surface area contributed by atoms with Gasteiger partial charge in [-0.25, -0.2) is 9.37 Å². The van der Waals surface area contributed by atoms with Gasteiger partial charge >= 0.3 is 0 Å². The summed E-state index contributed by atoms with van der Waals surface area (Å²) in [6.07, 6.45) is 0.897. The normalized spacial score (nSPS) is 11.7. The molecule has 2 heterocycles. The van der Waals surface area contributed by atoms with E-state index < -0.39 is 23.7 Å². The highest BCUT2D eigenvalue weighted by molar-refractivity contribution is 6.04. The maximum absolute atomic E-state index is 14.0. The van der Waals surface area contributed by atoms with Crippen molar-refractivity contribution < 1.29 is 18.7 Å². The predicted molar refractivity (Wildman–Crippen MR) is 101 cm³/mol. The van der Waals surface area contributed by atoms with E-state index in [1.165, 1.54) is 19.2 Å². The first kappa shape index (κ1) is 19.2. The van der Waals surface area contributed by atoms with Gasteiger partial charge in [0.1, 0.15) is 23.3 Å². The summed E-state index contributed by atoms with van der Waals surface area (Å²) in [4.78, 5) is 34.3. The molecule has 8 nitrogen and oxygen atoms in total. The third kappa shape index (κ3) is 4.03. The molecule has 9 heteroatoms. The van der Waals surface area contributed by atoms with Crippen LogP contribution in [0.5, 0.6) is 5.75 Å². The van der Waals surface area contributed by atoms with Gasteiger partial charge in [-0.1, -0.05) is 18.2 Å². The molecule has 0 saturated carbocycles. The summed E-state index contributed by atoms with van der Waals surface area (Å²) in [7, 11) is 1.46. The molecule has 0 bridgehead atoms. The van der Waals surface area contributed by atoms with Crippen LogP contribution in [-0.2, 0) is 0 Å². The molecule has 146 valence electrons. The van der Waals surface area contributed by atoms with Crippen LogP contribution in [0.25, 0.3) is 0 Å². The van der Waals surface area contributed by atoms with Crippen molar-refractivity contribution in [1.29, 1.82) is 0 Å². The first-order valence-corrected chi connectivity index (χ1v) is 8.58. The summed E-state index contributed by atoms with van der Waals surface area (Å²) in [6, 6.07) is 7.60. The summed E-state index contributed by atoms with van der Waals surface area (Å²) < 4.78 is 19.8. The average Bonchev–Trinajstić information content (AvgIpc) is 3.27. The molecule has 0 saturated heterocycles. The van der Waals surface area contributed by atoms with E-state index in [2.05, 4.69) is 25.6 Å². The van der Waals surface area contributed by atoms with Crippen LogP contribution in [-0.4, -0.2) is 33.8 Å². The largest absolute Gasteiger partial charge is 0.483 e. The summed E-state index contributed by atoms with van der Waals surface area (Å²) in [5, 5.41) is 5.06. The van der Waals surface area contributed by atoms with Crippen LogP contribution in [0, 0.1) is 12.7 Å². The maximum Gasteiger partial charge on any atom is 0.274 e. The zero-order chi connectivity index (χ0) is 20.3. The smallest absolute Gasteiger partial charge is 0.274 e. The molecule has 0 spiro atoms. The van der Waals surface area contributed by atoms with E-state index in [4.69, 9.17) is 4.74 Å². The molecule has 1 unspecified atom stereocenters.